The first-order chi connectivity index (χ1) is 8.74. The first-order valence-electron chi connectivity index (χ1n) is 6.34. The summed E-state index contributed by atoms with van der Waals surface area (Å²) >= 11 is 0. The molecule has 92 valence electrons. The van der Waals surface area contributed by atoms with Gasteiger partial charge in [-0.15, -0.1) is 0 Å². The summed E-state index contributed by atoms with van der Waals surface area (Å²) in [4.78, 5) is 0. The molecule has 1 nitrogen and oxygen atoms in total. The first-order valence-corrected chi connectivity index (χ1v) is 6.34. The molecular weight excluding hydrogens is 225 g/mol. The van der Waals surface area contributed by atoms with Gasteiger partial charge in [-0.2, -0.15) is 0 Å². The lowest BCUT2D eigenvalue weighted by Gasteiger charge is -2.28. The maximum Gasteiger partial charge on any atom is 0.123 e. The Balaban J connectivity index is 1.94. The number of halogens is 1. The van der Waals surface area contributed by atoms with Gasteiger partial charge in [-0.05, 0) is 54.7 Å². The lowest BCUT2D eigenvalue weighted by Crippen LogP contribution is -2.18. The number of hydrogen-bond donors (Lipinski definition) is 1. The lowest BCUT2D eigenvalue weighted by molar-refractivity contribution is 0.612. The summed E-state index contributed by atoms with van der Waals surface area (Å²) < 4.78 is 13.4. The van der Waals surface area contributed by atoms with Crippen LogP contribution in [0.1, 0.15) is 29.2 Å². The molecule has 0 spiro atoms. The van der Waals surface area contributed by atoms with Crippen LogP contribution in [-0.2, 0) is 6.42 Å². The van der Waals surface area contributed by atoms with Crippen LogP contribution in [0.3, 0.4) is 0 Å². The van der Waals surface area contributed by atoms with Crippen LogP contribution in [-0.4, -0.2) is 0 Å². The summed E-state index contributed by atoms with van der Waals surface area (Å²) in [6, 6.07) is 13.6. The SMILES string of the molecule is Cc1ccc(F)cc1C1CCc2ccccc2N1. The molecule has 3 rings (SSSR count). The highest BCUT2D eigenvalue weighted by Crippen LogP contribution is 2.33. The molecule has 2 aromatic carbocycles. The molecule has 0 bridgehead atoms. The molecule has 1 heterocycles. The van der Waals surface area contributed by atoms with Crippen LogP contribution in [0.5, 0.6) is 0 Å². The van der Waals surface area contributed by atoms with E-state index in [0.29, 0.717) is 0 Å². The van der Waals surface area contributed by atoms with E-state index in [1.807, 2.05) is 19.1 Å². The van der Waals surface area contributed by atoms with Crippen molar-refractivity contribution in [3.63, 3.8) is 0 Å². The number of anilines is 1. The van der Waals surface area contributed by atoms with Crippen molar-refractivity contribution in [3.8, 4) is 0 Å². The van der Waals surface area contributed by atoms with Crippen molar-refractivity contribution in [3.05, 3.63) is 65.0 Å². The topological polar surface area (TPSA) is 12.0 Å². The van der Waals surface area contributed by atoms with Gasteiger partial charge in [0, 0.05) is 5.69 Å². The predicted octanol–water partition coefficient (Wildman–Crippen LogP) is 4.23. The Bertz CT molecular complexity index is 577. The standard InChI is InChI=1S/C16H16FN/c1-11-6-8-13(17)10-14(11)16-9-7-12-4-2-3-5-15(12)18-16/h2-6,8,10,16,18H,7,9H2,1H3. The van der Waals surface area contributed by atoms with Crippen LogP contribution in [0.2, 0.25) is 0 Å². The Morgan fingerprint density at radius 2 is 2.00 bits per heavy atom. The van der Waals surface area contributed by atoms with Crippen LogP contribution in [0.25, 0.3) is 0 Å². The fourth-order valence-corrected chi connectivity index (χ4v) is 2.66. The van der Waals surface area contributed by atoms with Gasteiger partial charge in [0.25, 0.3) is 0 Å². The van der Waals surface area contributed by atoms with E-state index < -0.39 is 0 Å². The molecule has 2 heteroatoms. The van der Waals surface area contributed by atoms with Gasteiger partial charge >= 0.3 is 0 Å². The molecule has 0 aromatic heterocycles. The smallest absolute Gasteiger partial charge is 0.123 e. The predicted molar refractivity (Wildman–Crippen MR) is 72.3 cm³/mol. The second kappa shape index (κ2) is 4.45. The molecule has 1 aliphatic heterocycles. The molecule has 0 aliphatic carbocycles. The third-order valence-corrected chi connectivity index (χ3v) is 3.67. The number of benzene rings is 2. The van der Waals surface area contributed by atoms with Crippen molar-refractivity contribution < 1.29 is 4.39 Å². The fourth-order valence-electron chi connectivity index (χ4n) is 2.66. The van der Waals surface area contributed by atoms with Gasteiger partial charge < -0.3 is 5.32 Å². The lowest BCUT2D eigenvalue weighted by atomic mass is 9.91. The Kier molecular flexibility index (Phi) is 2.78. The molecule has 1 aliphatic rings. The summed E-state index contributed by atoms with van der Waals surface area (Å²) in [7, 11) is 0. The van der Waals surface area contributed by atoms with E-state index >= 15 is 0 Å². The average Bonchev–Trinajstić information content (AvgIpc) is 2.41. The second-order valence-electron chi connectivity index (χ2n) is 4.89. The minimum absolute atomic E-state index is 0.156. The maximum atomic E-state index is 13.4. The van der Waals surface area contributed by atoms with E-state index in [4.69, 9.17) is 0 Å². The minimum Gasteiger partial charge on any atom is -0.378 e. The normalized spacial score (nSPS) is 18.0. The Morgan fingerprint density at radius 3 is 2.89 bits per heavy atom. The Morgan fingerprint density at radius 1 is 1.17 bits per heavy atom. The molecule has 0 saturated heterocycles. The number of rotatable bonds is 1. The molecule has 1 atom stereocenters. The second-order valence-corrected chi connectivity index (χ2v) is 4.89. The Hall–Kier alpha value is -1.83. The van der Waals surface area contributed by atoms with E-state index in [1.54, 1.807) is 6.07 Å². The van der Waals surface area contributed by atoms with Gasteiger partial charge in [0.2, 0.25) is 0 Å². The van der Waals surface area contributed by atoms with Gasteiger partial charge in [-0.3, -0.25) is 0 Å². The number of nitrogens with one attached hydrogen (secondary N) is 1. The number of hydrogen-bond acceptors (Lipinski definition) is 1. The van der Waals surface area contributed by atoms with Gasteiger partial charge in [-0.25, -0.2) is 4.39 Å². The highest BCUT2D eigenvalue weighted by Gasteiger charge is 2.20. The summed E-state index contributed by atoms with van der Waals surface area (Å²) in [5.74, 6) is -0.156. The highest BCUT2D eigenvalue weighted by molar-refractivity contribution is 5.55. The van der Waals surface area contributed by atoms with Crippen LogP contribution >= 0.6 is 0 Å². The van der Waals surface area contributed by atoms with E-state index in [0.717, 1.165) is 24.0 Å². The summed E-state index contributed by atoms with van der Waals surface area (Å²) in [6.45, 7) is 2.04. The highest BCUT2D eigenvalue weighted by atomic mass is 19.1. The van der Waals surface area contributed by atoms with Crippen LogP contribution in [0.4, 0.5) is 10.1 Å². The number of fused-ring (bicyclic) bond motifs is 1. The molecule has 0 saturated carbocycles. The Labute approximate surface area is 107 Å². The monoisotopic (exact) mass is 241 g/mol. The largest absolute Gasteiger partial charge is 0.378 e. The van der Waals surface area contributed by atoms with Crippen LogP contribution in [0.15, 0.2) is 42.5 Å². The molecule has 2 aromatic rings. The van der Waals surface area contributed by atoms with Crippen molar-refractivity contribution in [2.75, 3.05) is 5.32 Å². The zero-order chi connectivity index (χ0) is 12.5. The molecule has 0 amide bonds. The van der Waals surface area contributed by atoms with E-state index in [1.165, 1.54) is 17.3 Å². The zero-order valence-corrected chi connectivity index (χ0v) is 10.4. The third kappa shape index (κ3) is 1.99. The van der Waals surface area contributed by atoms with Crippen molar-refractivity contribution in [2.24, 2.45) is 0 Å². The quantitative estimate of drug-likeness (QED) is 0.787. The third-order valence-electron chi connectivity index (χ3n) is 3.67. The summed E-state index contributed by atoms with van der Waals surface area (Å²) in [6.07, 6.45) is 2.06. The van der Waals surface area contributed by atoms with Crippen molar-refractivity contribution in [1.29, 1.82) is 0 Å². The van der Waals surface area contributed by atoms with E-state index in [2.05, 4.69) is 23.5 Å². The van der Waals surface area contributed by atoms with Gasteiger partial charge in [-0.1, -0.05) is 24.3 Å². The van der Waals surface area contributed by atoms with Crippen LogP contribution < -0.4 is 5.32 Å². The minimum atomic E-state index is -0.156. The zero-order valence-electron chi connectivity index (χ0n) is 10.4. The van der Waals surface area contributed by atoms with E-state index in [9.17, 15) is 4.39 Å². The number of aryl methyl sites for hydroxylation is 2. The van der Waals surface area contributed by atoms with Gasteiger partial charge in [0.1, 0.15) is 5.82 Å². The molecule has 18 heavy (non-hydrogen) atoms. The molecule has 1 unspecified atom stereocenters. The van der Waals surface area contributed by atoms with Crippen molar-refractivity contribution in [1.82, 2.24) is 0 Å². The van der Waals surface area contributed by atoms with Gasteiger partial charge in [0.15, 0.2) is 0 Å². The maximum absolute atomic E-state index is 13.4. The van der Waals surface area contributed by atoms with Crippen LogP contribution in [0, 0.1) is 12.7 Å². The fraction of sp³-hybridized carbons (Fsp3) is 0.250. The molecule has 0 fully saturated rings. The molecular formula is C16H16FN. The number of para-hydroxylation sites is 1. The molecule has 0 radical (unpaired) electrons. The average molecular weight is 241 g/mol. The van der Waals surface area contributed by atoms with E-state index in [-0.39, 0.29) is 11.9 Å². The van der Waals surface area contributed by atoms with Crippen molar-refractivity contribution >= 4 is 5.69 Å². The summed E-state index contributed by atoms with van der Waals surface area (Å²) in [5, 5.41) is 3.51. The van der Waals surface area contributed by atoms with Crippen molar-refractivity contribution in [2.45, 2.75) is 25.8 Å². The summed E-state index contributed by atoms with van der Waals surface area (Å²) in [5.41, 5.74) is 4.75. The molecule has 1 N–H and O–H groups in total. The first kappa shape index (κ1) is 11.3. The van der Waals surface area contributed by atoms with Gasteiger partial charge in [0.05, 0.1) is 6.04 Å².